The third-order valence-corrected chi connectivity index (χ3v) is 3.21. The van der Waals surface area contributed by atoms with E-state index in [-0.39, 0.29) is 23.1 Å². The summed E-state index contributed by atoms with van der Waals surface area (Å²) in [6.07, 6.45) is 1.70. The number of nitrogens with one attached hydrogen (secondary N) is 2. The molecule has 1 fully saturated rings. The lowest BCUT2D eigenvalue weighted by Crippen LogP contribution is -2.46. The summed E-state index contributed by atoms with van der Waals surface area (Å²) in [6.45, 7) is 2.93. The highest BCUT2D eigenvalue weighted by atomic mass is 16.3. The summed E-state index contributed by atoms with van der Waals surface area (Å²) in [7, 11) is 0. The van der Waals surface area contributed by atoms with Crippen LogP contribution >= 0.6 is 0 Å². The third kappa shape index (κ3) is 2.73. The Hall–Kier alpha value is -1.75. The number of carbonyl (C=O) groups is 1. The molecule has 2 rings (SSSR count). The van der Waals surface area contributed by atoms with E-state index >= 15 is 0 Å². The predicted octanol–water partition coefficient (Wildman–Crippen LogP) is 0.968. The molecule has 5 heteroatoms. The fourth-order valence-electron chi connectivity index (χ4n) is 2.28. The molecule has 0 aliphatic carbocycles. The minimum absolute atomic E-state index is 0.0521. The quantitative estimate of drug-likeness (QED) is 0.630. The van der Waals surface area contributed by atoms with E-state index in [1.54, 1.807) is 0 Å². The van der Waals surface area contributed by atoms with Crippen molar-refractivity contribution in [3.8, 4) is 11.5 Å². The van der Waals surface area contributed by atoms with Gasteiger partial charge in [0.2, 0.25) is 0 Å². The molecule has 4 N–H and O–H groups in total. The maximum absolute atomic E-state index is 12.0. The summed E-state index contributed by atoms with van der Waals surface area (Å²) in [6, 6.07) is 4.71. The van der Waals surface area contributed by atoms with Gasteiger partial charge in [-0.25, -0.2) is 0 Å². The highest BCUT2D eigenvalue weighted by Gasteiger charge is 2.23. The highest BCUT2D eigenvalue weighted by Crippen LogP contribution is 2.26. The van der Waals surface area contributed by atoms with Crippen molar-refractivity contribution in [3.63, 3.8) is 0 Å². The smallest absolute Gasteiger partial charge is 0.259 e. The molecule has 1 aromatic carbocycles. The van der Waals surface area contributed by atoms with Gasteiger partial charge in [0.05, 0.1) is 0 Å². The number of phenolic OH excluding ortho intramolecular Hbond substituents is 2. The van der Waals surface area contributed by atoms with Crippen molar-refractivity contribution in [1.29, 1.82) is 0 Å². The zero-order valence-corrected chi connectivity index (χ0v) is 10.3. The van der Waals surface area contributed by atoms with Crippen molar-refractivity contribution >= 4 is 5.91 Å². The van der Waals surface area contributed by atoms with Gasteiger partial charge in [-0.3, -0.25) is 4.79 Å². The average Bonchev–Trinajstić information content (AvgIpc) is 2.28. The first-order valence-electron chi connectivity index (χ1n) is 6.13. The fourth-order valence-corrected chi connectivity index (χ4v) is 2.28. The first-order valence-corrected chi connectivity index (χ1v) is 6.13. The van der Waals surface area contributed by atoms with E-state index in [2.05, 4.69) is 17.6 Å². The van der Waals surface area contributed by atoms with Crippen molar-refractivity contribution in [2.45, 2.75) is 31.8 Å². The summed E-state index contributed by atoms with van der Waals surface area (Å²) in [5.41, 5.74) is -0.0521. The van der Waals surface area contributed by atoms with Gasteiger partial charge in [0.1, 0.15) is 17.1 Å². The van der Waals surface area contributed by atoms with Crippen molar-refractivity contribution in [2.24, 2.45) is 0 Å². The van der Waals surface area contributed by atoms with Gasteiger partial charge in [-0.05, 0) is 38.4 Å². The second kappa shape index (κ2) is 5.27. The molecule has 1 aliphatic heterocycles. The summed E-state index contributed by atoms with van der Waals surface area (Å²) in [5.74, 6) is -0.825. The van der Waals surface area contributed by atoms with Crippen molar-refractivity contribution < 1.29 is 15.0 Å². The Kier molecular flexibility index (Phi) is 3.72. The molecule has 1 saturated heterocycles. The van der Waals surface area contributed by atoms with Crippen LogP contribution in [0.3, 0.4) is 0 Å². The second-order valence-electron chi connectivity index (χ2n) is 4.72. The lowest BCUT2D eigenvalue weighted by Gasteiger charge is -2.28. The molecule has 2 atom stereocenters. The van der Waals surface area contributed by atoms with E-state index in [0.29, 0.717) is 6.04 Å². The Bertz CT molecular complexity index is 428. The number of rotatable bonds is 2. The van der Waals surface area contributed by atoms with Gasteiger partial charge in [0.25, 0.3) is 5.91 Å². The fraction of sp³-hybridized carbons (Fsp3) is 0.462. The maximum atomic E-state index is 12.0. The first-order chi connectivity index (χ1) is 8.58. The Morgan fingerprint density at radius 1 is 1.39 bits per heavy atom. The van der Waals surface area contributed by atoms with E-state index in [0.717, 1.165) is 19.4 Å². The molecule has 1 aliphatic rings. The number of hydrogen-bond donors (Lipinski definition) is 4. The van der Waals surface area contributed by atoms with E-state index in [1.165, 1.54) is 18.2 Å². The SMILES string of the molecule is CC1CC(NC(=O)c2c(O)cccc2O)CCN1. The standard InChI is InChI=1S/C13H18N2O3/c1-8-7-9(5-6-14-8)15-13(18)12-10(16)3-2-4-11(12)17/h2-4,8-9,14,16-17H,5-7H2,1H3,(H,15,18). The number of carbonyl (C=O) groups excluding carboxylic acids is 1. The van der Waals surface area contributed by atoms with Crippen LogP contribution < -0.4 is 10.6 Å². The number of aromatic hydroxyl groups is 2. The molecule has 1 heterocycles. The Morgan fingerprint density at radius 3 is 2.67 bits per heavy atom. The van der Waals surface area contributed by atoms with Crippen LogP contribution in [0.5, 0.6) is 11.5 Å². The normalized spacial score (nSPS) is 23.6. The van der Waals surface area contributed by atoms with Gasteiger partial charge < -0.3 is 20.8 Å². The van der Waals surface area contributed by atoms with Crippen molar-refractivity contribution in [3.05, 3.63) is 23.8 Å². The van der Waals surface area contributed by atoms with Crippen LogP contribution in [-0.4, -0.2) is 34.7 Å². The molecule has 98 valence electrons. The molecular formula is C13H18N2O3. The van der Waals surface area contributed by atoms with Crippen LogP contribution in [-0.2, 0) is 0 Å². The molecule has 0 bridgehead atoms. The first kappa shape index (κ1) is 12.7. The topological polar surface area (TPSA) is 81.6 Å². The van der Waals surface area contributed by atoms with Crippen LogP contribution in [0.1, 0.15) is 30.1 Å². The zero-order valence-electron chi connectivity index (χ0n) is 10.3. The van der Waals surface area contributed by atoms with Gasteiger partial charge >= 0.3 is 0 Å². The number of phenols is 2. The lowest BCUT2D eigenvalue weighted by atomic mass is 10.00. The van der Waals surface area contributed by atoms with Gasteiger partial charge in [-0.15, -0.1) is 0 Å². The van der Waals surface area contributed by atoms with Crippen LogP contribution in [0.2, 0.25) is 0 Å². The average molecular weight is 250 g/mol. The van der Waals surface area contributed by atoms with Gasteiger partial charge in [-0.2, -0.15) is 0 Å². The largest absolute Gasteiger partial charge is 0.507 e. The van der Waals surface area contributed by atoms with E-state index < -0.39 is 5.91 Å². The molecule has 0 spiro atoms. The maximum Gasteiger partial charge on any atom is 0.259 e. The van der Waals surface area contributed by atoms with E-state index in [9.17, 15) is 15.0 Å². The molecule has 2 unspecified atom stereocenters. The highest BCUT2D eigenvalue weighted by molar-refractivity contribution is 5.99. The van der Waals surface area contributed by atoms with Crippen LogP contribution in [0.4, 0.5) is 0 Å². The van der Waals surface area contributed by atoms with Gasteiger partial charge in [0.15, 0.2) is 0 Å². The summed E-state index contributed by atoms with van der Waals surface area (Å²) in [5, 5.41) is 25.4. The minimum atomic E-state index is -0.426. The van der Waals surface area contributed by atoms with E-state index in [1.807, 2.05) is 0 Å². The van der Waals surface area contributed by atoms with Crippen LogP contribution in [0.25, 0.3) is 0 Å². The number of amides is 1. The monoisotopic (exact) mass is 250 g/mol. The molecule has 0 radical (unpaired) electrons. The van der Waals surface area contributed by atoms with Gasteiger partial charge in [-0.1, -0.05) is 6.07 Å². The molecule has 0 saturated carbocycles. The summed E-state index contributed by atoms with van der Waals surface area (Å²) in [4.78, 5) is 12.0. The molecule has 18 heavy (non-hydrogen) atoms. The molecule has 1 amide bonds. The predicted molar refractivity (Wildman–Crippen MR) is 67.7 cm³/mol. The third-order valence-electron chi connectivity index (χ3n) is 3.21. The van der Waals surface area contributed by atoms with Crippen LogP contribution in [0.15, 0.2) is 18.2 Å². The van der Waals surface area contributed by atoms with Gasteiger partial charge in [0, 0.05) is 12.1 Å². The summed E-state index contributed by atoms with van der Waals surface area (Å²) >= 11 is 0. The molecular weight excluding hydrogens is 232 g/mol. The number of hydrogen-bond acceptors (Lipinski definition) is 4. The molecule has 5 nitrogen and oxygen atoms in total. The Balaban J connectivity index is 2.07. The Labute approximate surface area is 106 Å². The number of benzene rings is 1. The van der Waals surface area contributed by atoms with Crippen molar-refractivity contribution in [1.82, 2.24) is 10.6 Å². The zero-order chi connectivity index (χ0) is 13.1. The minimum Gasteiger partial charge on any atom is -0.507 e. The second-order valence-corrected chi connectivity index (χ2v) is 4.72. The van der Waals surface area contributed by atoms with Crippen LogP contribution in [0, 0.1) is 0 Å². The van der Waals surface area contributed by atoms with E-state index in [4.69, 9.17) is 0 Å². The number of piperidine rings is 1. The molecule has 0 aromatic heterocycles. The summed E-state index contributed by atoms with van der Waals surface area (Å²) < 4.78 is 0. The Morgan fingerprint density at radius 2 is 2.06 bits per heavy atom. The lowest BCUT2D eigenvalue weighted by molar-refractivity contribution is 0.0920. The van der Waals surface area contributed by atoms with Crippen molar-refractivity contribution in [2.75, 3.05) is 6.54 Å². The molecule has 1 aromatic rings.